The summed E-state index contributed by atoms with van der Waals surface area (Å²) in [7, 11) is 2.19. The number of carbonyl (C=O) groups is 1. The van der Waals surface area contributed by atoms with Crippen LogP contribution in [0.2, 0.25) is 0 Å². The van der Waals surface area contributed by atoms with Crippen LogP contribution in [0.15, 0.2) is 48.7 Å². The Labute approximate surface area is 191 Å². The van der Waals surface area contributed by atoms with E-state index in [-0.39, 0.29) is 34.4 Å². The van der Waals surface area contributed by atoms with E-state index < -0.39 is 0 Å². The van der Waals surface area contributed by atoms with Crippen molar-refractivity contribution in [1.82, 2.24) is 9.88 Å². The molecule has 33 heavy (non-hydrogen) atoms. The zero-order valence-corrected chi connectivity index (χ0v) is 18.3. The highest BCUT2D eigenvalue weighted by Crippen LogP contribution is 2.66. The number of phenolic OH excluding ortho intramolecular Hbond substituents is 2. The minimum atomic E-state index is -0.265. The van der Waals surface area contributed by atoms with Gasteiger partial charge in [-0.15, -0.1) is 0 Å². The van der Waals surface area contributed by atoms with E-state index in [9.17, 15) is 15.0 Å². The molecule has 1 saturated heterocycles. The third kappa shape index (κ3) is 2.31. The molecule has 2 aliphatic heterocycles. The summed E-state index contributed by atoms with van der Waals surface area (Å²) in [6.45, 7) is 0.981. The molecule has 2 bridgehead atoms. The molecular formula is C27H24N2O4. The van der Waals surface area contributed by atoms with E-state index in [1.807, 2.05) is 6.07 Å². The highest BCUT2D eigenvalue weighted by Gasteiger charge is 2.65. The summed E-state index contributed by atoms with van der Waals surface area (Å²) in [5, 5.41) is 20.8. The van der Waals surface area contributed by atoms with Crippen molar-refractivity contribution in [2.45, 2.75) is 36.8 Å². The van der Waals surface area contributed by atoms with E-state index in [1.165, 1.54) is 17.2 Å². The molecule has 2 aliphatic carbocycles. The van der Waals surface area contributed by atoms with Crippen LogP contribution in [0.1, 0.15) is 50.8 Å². The van der Waals surface area contributed by atoms with Crippen molar-refractivity contribution in [3.8, 4) is 17.2 Å². The predicted octanol–water partition coefficient (Wildman–Crippen LogP) is 3.53. The molecule has 3 aromatic rings. The van der Waals surface area contributed by atoms with Crippen molar-refractivity contribution in [3.05, 3.63) is 82.2 Å². The first-order valence-corrected chi connectivity index (χ1v) is 11.5. The summed E-state index contributed by atoms with van der Waals surface area (Å²) in [6.07, 6.45) is 4.04. The average Bonchev–Trinajstić information content (AvgIpc) is 3.17. The third-order valence-electron chi connectivity index (χ3n) is 8.49. The van der Waals surface area contributed by atoms with Crippen LogP contribution in [0.3, 0.4) is 0 Å². The quantitative estimate of drug-likeness (QED) is 0.594. The van der Waals surface area contributed by atoms with Crippen molar-refractivity contribution >= 4 is 5.78 Å². The molecule has 2 aromatic carbocycles. The van der Waals surface area contributed by atoms with Crippen molar-refractivity contribution in [2.75, 3.05) is 13.6 Å². The summed E-state index contributed by atoms with van der Waals surface area (Å²) in [6, 6.07) is 12.7. The van der Waals surface area contributed by atoms with Crippen LogP contribution < -0.4 is 4.74 Å². The van der Waals surface area contributed by atoms with Gasteiger partial charge in [0.2, 0.25) is 0 Å². The van der Waals surface area contributed by atoms with Crippen LogP contribution in [-0.4, -0.2) is 45.5 Å². The zero-order chi connectivity index (χ0) is 22.5. The maximum atomic E-state index is 13.1. The molecule has 6 heteroatoms. The standard InChI is InChI=1S/C27H24N2O4/c1-29-9-8-27-18-11-15-10-16(24(32)17-4-2-3-5-20(17)30)13-28-23(15)26(27)33-25-21(31)7-6-14(22(25)27)12-19(18)29/h2-7,10,13,18-19,26,30-31H,8-9,11-12H2,1H3/t18-,19-,26-,27-/m0/s1. The van der Waals surface area contributed by atoms with Gasteiger partial charge in [0.05, 0.1) is 11.3 Å². The Morgan fingerprint density at radius 3 is 2.82 bits per heavy atom. The first-order chi connectivity index (χ1) is 16.0. The number of ketones is 1. The minimum absolute atomic E-state index is 0.0276. The Morgan fingerprint density at radius 1 is 1.12 bits per heavy atom. The first kappa shape index (κ1) is 19.1. The number of phenols is 2. The van der Waals surface area contributed by atoms with Crippen molar-refractivity contribution in [2.24, 2.45) is 5.92 Å². The number of aromatic nitrogens is 1. The Morgan fingerprint density at radius 2 is 1.97 bits per heavy atom. The number of likely N-dealkylation sites (tertiary alicyclic amines) is 1. The normalized spacial score (nSPS) is 28.6. The minimum Gasteiger partial charge on any atom is -0.507 e. The van der Waals surface area contributed by atoms with E-state index in [0.717, 1.165) is 37.1 Å². The summed E-state index contributed by atoms with van der Waals surface area (Å²) in [5.41, 5.74) is 4.91. The molecule has 0 unspecified atom stereocenters. The number of carbonyl (C=O) groups excluding carboxylic acids is 1. The lowest BCUT2D eigenvalue weighted by Crippen LogP contribution is -2.62. The summed E-state index contributed by atoms with van der Waals surface area (Å²) < 4.78 is 6.52. The Kier molecular flexibility index (Phi) is 3.68. The molecule has 3 heterocycles. The third-order valence-corrected chi connectivity index (χ3v) is 8.49. The van der Waals surface area contributed by atoms with E-state index in [0.29, 0.717) is 23.3 Å². The topological polar surface area (TPSA) is 82.9 Å². The second-order valence-corrected chi connectivity index (χ2v) is 9.91. The largest absolute Gasteiger partial charge is 0.507 e. The smallest absolute Gasteiger partial charge is 0.198 e. The molecule has 0 amide bonds. The van der Waals surface area contributed by atoms with Gasteiger partial charge in [0.15, 0.2) is 23.4 Å². The highest BCUT2D eigenvalue weighted by atomic mass is 16.5. The van der Waals surface area contributed by atoms with Crippen LogP contribution in [0.25, 0.3) is 0 Å². The molecule has 7 rings (SSSR count). The fourth-order valence-corrected chi connectivity index (χ4v) is 7.01. The number of aromatic hydroxyl groups is 2. The number of ether oxygens (including phenoxy) is 1. The van der Waals surface area contributed by atoms with E-state index in [2.05, 4.69) is 18.0 Å². The van der Waals surface area contributed by atoms with Gasteiger partial charge in [0.25, 0.3) is 0 Å². The highest BCUT2D eigenvalue weighted by molar-refractivity contribution is 6.10. The molecule has 1 spiro atoms. The molecular weight excluding hydrogens is 416 g/mol. The fraction of sp³-hybridized carbons (Fsp3) is 0.333. The number of hydrogen-bond acceptors (Lipinski definition) is 6. The maximum absolute atomic E-state index is 13.1. The van der Waals surface area contributed by atoms with Crippen LogP contribution in [-0.2, 0) is 18.3 Å². The maximum Gasteiger partial charge on any atom is 0.198 e. The van der Waals surface area contributed by atoms with Gasteiger partial charge < -0.3 is 19.8 Å². The lowest BCUT2D eigenvalue weighted by atomic mass is 9.51. The van der Waals surface area contributed by atoms with Crippen molar-refractivity contribution in [3.63, 3.8) is 0 Å². The Balaban J connectivity index is 1.39. The Bertz CT molecular complexity index is 1350. The number of rotatable bonds is 2. The average molecular weight is 440 g/mol. The molecule has 166 valence electrons. The molecule has 1 fully saturated rings. The van der Waals surface area contributed by atoms with Gasteiger partial charge in [-0.05, 0) is 74.2 Å². The van der Waals surface area contributed by atoms with Crippen LogP contribution in [0.5, 0.6) is 17.2 Å². The monoisotopic (exact) mass is 440 g/mol. The zero-order valence-electron chi connectivity index (χ0n) is 18.3. The lowest BCUT2D eigenvalue weighted by Gasteiger charge is -2.57. The number of piperidine rings is 1. The summed E-state index contributed by atoms with van der Waals surface area (Å²) in [4.78, 5) is 20.4. The molecule has 0 radical (unpaired) electrons. The van der Waals surface area contributed by atoms with Gasteiger partial charge in [0, 0.05) is 28.8 Å². The molecule has 4 aliphatic rings. The first-order valence-electron chi connectivity index (χ1n) is 11.5. The van der Waals surface area contributed by atoms with Crippen LogP contribution in [0, 0.1) is 5.92 Å². The van der Waals surface area contributed by atoms with E-state index >= 15 is 0 Å². The number of fused-ring (bicyclic) bond motifs is 2. The predicted molar refractivity (Wildman–Crippen MR) is 121 cm³/mol. The molecule has 2 N–H and O–H groups in total. The molecule has 6 nitrogen and oxygen atoms in total. The van der Waals surface area contributed by atoms with Crippen LogP contribution >= 0.6 is 0 Å². The molecule has 1 aromatic heterocycles. The summed E-state index contributed by atoms with van der Waals surface area (Å²) >= 11 is 0. The second kappa shape index (κ2) is 6.35. The van der Waals surface area contributed by atoms with Crippen LogP contribution in [0.4, 0.5) is 0 Å². The second-order valence-electron chi connectivity index (χ2n) is 9.91. The van der Waals surface area contributed by atoms with Gasteiger partial charge in [-0.25, -0.2) is 0 Å². The van der Waals surface area contributed by atoms with Crippen molar-refractivity contribution in [1.29, 1.82) is 0 Å². The molecule has 4 atom stereocenters. The SMILES string of the molecule is CN1CC[C@]23c4c5ccc(O)c4O[C@H]2c2ncc(C(=O)c4ccccc4O)cc2C[C@H]3[C@@H]1C5. The van der Waals surface area contributed by atoms with Gasteiger partial charge in [-0.3, -0.25) is 9.78 Å². The number of hydrogen-bond donors (Lipinski definition) is 2. The number of pyridine rings is 1. The van der Waals surface area contributed by atoms with Gasteiger partial charge in [-0.1, -0.05) is 18.2 Å². The van der Waals surface area contributed by atoms with Crippen molar-refractivity contribution < 1.29 is 19.7 Å². The van der Waals surface area contributed by atoms with E-state index in [4.69, 9.17) is 9.72 Å². The molecule has 0 saturated carbocycles. The Hall–Kier alpha value is -3.38. The van der Waals surface area contributed by atoms with E-state index in [1.54, 1.807) is 30.5 Å². The number of benzene rings is 2. The van der Waals surface area contributed by atoms with Gasteiger partial charge >= 0.3 is 0 Å². The lowest BCUT2D eigenvalue weighted by molar-refractivity contribution is -0.0261. The van der Waals surface area contributed by atoms with Gasteiger partial charge in [0.1, 0.15) is 5.75 Å². The van der Waals surface area contributed by atoms with Gasteiger partial charge in [-0.2, -0.15) is 0 Å². The summed E-state index contributed by atoms with van der Waals surface area (Å²) in [5.74, 6) is 0.873. The fourth-order valence-electron chi connectivity index (χ4n) is 7.01. The number of likely N-dealkylation sites (N-methyl/N-ethyl adjacent to an activating group) is 1. The number of para-hydroxylation sites is 1. The number of nitrogens with zero attached hydrogens (tertiary/aromatic N) is 2.